The number of ether oxygens (including phenoxy) is 1. The molecule has 0 spiro atoms. The van der Waals surface area contributed by atoms with Gasteiger partial charge in [-0.05, 0) is 33.2 Å². The topological polar surface area (TPSA) is 15.7 Å². The van der Waals surface area contributed by atoms with E-state index in [4.69, 9.17) is 4.74 Å². The molecule has 1 unspecified atom stereocenters. The van der Waals surface area contributed by atoms with Crippen LogP contribution in [-0.4, -0.2) is 43.1 Å². The van der Waals surface area contributed by atoms with E-state index in [0.717, 1.165) is 24.4 Å². The molecule has 1 aliphatic rings. The second-order valence-corrected chi connectivity index (χ2v) is 6.83. The van der Waals surface area contributed by atoms with Crippen molar-refractivity contribution < 1.29 is 9.13 Å². The van der Waals surface area contributed by atoms with Gasteiger partial charge in [-0.25, -0.2) is 4.39 Å². The highest BCUT2D eigenvalue weighted by molar-refractivity contribution is 5.37. The highest BCUT2D eigenvalue weighted by Crippen LogP contribution is 2.27. The fraction of sp³-hybridized carbons (Fsp3) is 0.400. The van der Waals surface area contributed by atoms with Crippen molar-refractivity contribution in [3.8, 4) is 5.75 Å². The molecule has 1 heterocycles. The highest BCUT2D eigenvalue weighted by Gasteiger charge is 2.26. The molecule has 2 aromatic carbocycles. The van der Waals surface area contributed by atoms with Gasteiger partial charge >= 0.3 is 0 Å². The van der Waals surface area contributed by atoms with Crippen LogP contribution >= 0.6 is 0 Å². The monoisotopic (exact) mass is 328 g/mol. The summed E-state index contributed by atoms with van der Waals surface area (Å²) in [4.78, 5) is 4.48. The number of halogens is 1. The van der Waals surface area contributed by atoms with E-state index in [1.54, 1.807) is 6.07 Å². The number of fused-ring (bicyclic) bond motifs is 1. The zero-order valence-corrected chi connectivity index (χ0v) is 14.6. The average molecular weight is 328 g/mol. The molecule has 0 amide bonds. The van der Waals surface area contributed by atoms with Crippen LogP contribution in [0.5, 0.6) is 5.75 Å². The van der Waals surface area contributed by atoms with Crippen molar-refractivity contribution in [2.45, 2.75) is 26.1 Å². The number of benzene rings is 2. The molecule has 0 N–H and O–H groups in total. The molecule has 3 rings (SSSR count). The molecule has 1 atom stereocenters. The first kappa shape index (κ1) is 16.9. The Kier molecular flexibility index (Phi) is 5.17. The van der Waals surface area contributed by atoms with Crippen molar-refractivity contribution in [3.05, 3.63) is 65.0 Å². The van der Waals surface area contributed by atoms with E-state index in [0.29, 0.717) is 13.2 Å². The molecule has 0 aromatic heterocycles. The zero-order chi connectivity index (χ0) is 17.1. The Morgan fingerprint density at radius 3 is 2.75 bits per heavy atom. The third-order valence-electron chi connectivity index (χ3n) is 4.44. The lowest BCUT2D eigenvalue weighted by Gasteiger charge is -2.31. The number of likely N-dealkylation sites (N-methyl/N-ethyl adjacent to an activating group) is 1. The Morgan fingerprint density at radius 1 is 1.21 bits per heavy atom. The van der Waals surface area contributed by atoms with E-state index in [-0.39, 0.29) is 11.9 Å². The molecule has 0 bridgehead atoms. The summed E-state index contributed by atoms with van der Waals surface area (Å²) < 4.78 is 20.2. The third kappa shape index (κ3) is 3.94. The smallest absolute Gasteiger partial charge is 0.127 e. The van der Waals surface area contributed by atoms with Gasteiger partial charge in [0.2, 0.25) is 0 Å². The molecule has 0 saturated carbocycles. The molecule has 2 aromatic rings. The number of rotatable bonds is 4. The number of hydrogen-bond donors (Lipinski definition) is 0. The van der Waals surface area contributed by atoms with E-state index >= 15 is 0 Å². The zero-order valence-electron chi connectivity index (χ0n) is 14.6. The number of hydrogen-bond acceptors (Lipinski definition) is 3. The van der Waals surface area contributed by atoms with Crippen LogP contribution in [0.1, 0.15) is 16.7 Å². The summed E-state index contributed by atoms with van der Waals surface area (Å²) in [7, 11) is 4.12. The van der Waals surface area contributed by atoms with Gasteiger partial charge in [-0.2, -0.15) is 0 Å². The first-order chi connectivity index (χ1) is 11.5. The first-order valence-corrected chi connectivity index (χ1v) is 8.37. The van der Waals surface area contributed by atoms with E-state index in [1.165, 1.54) is 17.2 Å². The fourth-order valence-electron chi connectivity index (χ4n) is 3.23. The summed E-state index contributed by atoms with van der Waals surface area (Å²) >= 11 is 0. The van der Waals surface area contributed by atoms with Crippen molar-refractivity contribution >= 4 is 0 Å². The molecular weight excluding hydrogens is 303 g/mol. The Bertz CT molecular complexity index is 702. The van der Waals surface area contributed by atoms with Crippen LogP contribution in [0.3, 0.4) is 0 Å². The standard InChI is InChI=1S/C20H25FN2O/c1-15-8-9-20-17(10-15)12-23(18(14-24-20)13-22(2)3)11-16-6-4-5-7-19(16)21/h4-10,18H,11-14H2,1-3H3. The maximum absolute atomic E-state index is 14.1. The fourth-order valence-corrected chi connectivity index (χ4v) is 3.23. The molecule has 3 nitrogen and oxygen atoms in total. The van der Waals surface area contributed by atoms with E-state index < -0.39 is 0 Å². The van der Waals surface area contributed by atoms with E-state index in [9.17, 15) is 4.39 Å². The van der Waals surface area contributed by atoms with Crippen molar-refractivity contribution in [2.24, 2.45) is 0 Å². The molecule has 0 radical (unpaired) electrons. The van der Waals surface area contributed by atoms with Gasteiger partial charge in [0.25, 0.3) is 0 Å². The van der Waals surface area contributed by atoms with Gasteiger partial charge in [-0.15, -0.1) is 0 Å². The lowest BCUT2D eigenvalue weighted by atomic mass is 10.1. The minimum atomic E-state index is -0.143. The molecule has 4 heteroatoms. The van der Waals surface area contributed by atoms with Crippen LogP contribution < -0.4 is 4.74 Å². The van der Waals surface area contributed by atoms with Gasteiger partial charge in [0.05, 0.1) is 6.04 Å². The van der Waals surface area contributed by atoms with Crippen molar-refractivity contribution in [1.82, 2.24) is 9.80 Å². The van der Waals surface area contributed by atoms with E-state index in [1.807, 2.05) is 18.2 Å². The lowest BCUT2D eigenvalue weighted by Crippen LogP contribution is -2.43. The quantitative estimate of drug-likeness (QED) is 0.855. The molecule has 128 valence electrons. The molecule has 0 aliphatic carbocycles. The first-order valence-electron chi connectivity index (χ1n) is 8.37. The van der Waals surface area contributed by atoms with Crippen LogP contribution in [0, 0.1) is 12.7 Å². The Morgan fingerprint density at radius 2 is 2.00 bits per heavy atom. The van der Waals surface area contributed by atoms with Gasteiger partial charge in [0.1, 0.15) is 18.2 Å². The Hall–Kier alpha value is -1.91. The maximum atomic E-state index is 14.1. The summed E-state index contributed by atoms with van der Waals surface area (Å²) in [5, 5.41) is 0. The Balaban J connectivity index is 1.89. The largest absolute Gasteiger partial charge is 0.492 e. The van der Waals surface area contributed by atoms with Crippen LogP contribution in [-0.2, 0) is 13.1 Å². The van der Waals surface area contributed by atoms with Gasteiger partial charge < -0.3 is 9.64 Å². The third-order valence-corrected chi connectivity index (χ3v) is 4.44. The van der Waals surface area contributed by atoms with Crippen LogP contribution in [0.2, 0.25) is 0 Å². The molecule has 24 heavy (non-hydrogen) atoms. The summed E-state index contributed by atoms with van der Waals surface area (Å²) in [6.07, 6.45) is 0. The minimum Gasteiger partial charge on any atom is -0.492 e. The number of nitrogens with zero attached hydrogens (tertiary/aromatic N) is 2. The van der Waals surface area contributed by atoms with Gasteiger partial charge in [0, 0.05) is 30.8 Å². The summed E-state index contributed by atoms with van der Waals surface area (Å²) in [6.45, 7) is 4.93. The molecule has 0 saturated heterocycles. The minimum absolute atomic E-state index is 0.143. The van der Waals surface area contributed by atoms with Crippen molar-refractivity contribution in [2.75, 3.05) is 27.2 Å². The normalized spacial score (nSPS) is 18.1. The van der Waals surface area contributed by atoms with Crippen LogP contribution in [0.25, 0.3) is 0 Å². The number of aryl methyl sites for hydroxylation is 1. The SMILES string of the molecule is Cc1ccc2c(c1)CN(Cc1ccccc1F)C(CN(C)C)CO2. The van der Waals surface area contributed by atoms with Gasteiger partial charge in [0.15, 0.2) is 0 Å². The van der Waals surface area contributed by atoms with Crippen molar-refractivity contribution in [1.29, 1.82) is 0 Å². The molecule has 1 aliphatic heterocycles. The van der Waals surface area contributed by atoms with Gasteiger partial charge in [-0.1, -0.05) is 35.9 Å². The Labute approximate surface area is 143 Å². The molecular formula is C20H25FN2O. The summed E-state index contributed by atoms with van der Waals surface area (Å²) in [5.41, 5.74) is 3.12. The van der Waals surface area contributed by atoms with Crippen LogP contribution in [0.4, 0.5) is 4.39 Å². The second kappa shape index (κ2) is 7.32. The summed E-state index contributed by atoms with van der Waals surface area (Å²) in [5.74, 6) is 0.802. The predicted molar refractivity (Wildman–Crippen MR) is 94.7 cm³/mol. The van der Waals surface area contributed by atoms with Crippen molar-refractivity contribution in [3.63, 3.8) is 0 Å². The van der Waals surface area contributed by atoms with Crippen LogP contribution in [0.15, 0.2) is 42.5 Å². The summed E-state index contributed by atoms with van der Waals surface area (Å²) in [6, 6.07) is 13.5. The van der Waals surface area contributed by atoms with Gasteiger partial charge in [-0.3, -0.25) is 4.90 Å². The maximum Gasteiger partial charge on any atom is 0.127 e. The molecule has 0 fully saturated rings. The van der Waals surface area contributed by atoms with E-state index in [2.05, 4.69) is 43.0 Å². The lowest BCUT2D eigenvalue weighted by molar-refractivity contribution is 0.112. The highest BCUT2D eigenvalue weighted by atomic mass is 19.1. The average Bonchev–Trinajstić information content (AvgIpc) is 2.69. The second-order valence-electron chi connectivity index (χ2n) is 6.83. The predicted octanol–water partition coefficient (Wildman–Crippen LogP) is 3.46.